The van der Waals surface area contributed by atoms with Gasteiger partial charge in [0.25, 0.3) is 0 Å². The molecule has 0 radical (unpaired) electrons. The minimum Gasteiger partial charge on any atom is -0.293 e. The predicted molar refractivity (Wildman–Crippen MR) is 78.6 cm³/mol. The molecule has 6 heteroatoms. The first kappa shape index (κ1) is 15.8. The molecule has 0 spiro atoms. The largest absolute Gasteiger partial charge is 0.417 e. The van der Waals surface area contributed by atoms with E-state index in [0.29, 0.717) is 0 Å². The van der Waals surface area contributed by atoms with Crippen molar-refractivity contribution in [1.29, 1.82) is 0 Å². The Morgan fingerprint density at radius 2 is 1.90 bits per heavy atom. The predicted octanol–water partition coefficient (Wildman–Crippen LogP) is 4.52. The molecule has 1 fully saturated rings. The Bertz CT molecular complexity index is 488. The number of thioether (sulfide) groups is 2. The number of hydrogen-bond acceptors (Lipinski definition) is 3. The Labute approximate surface area is 124 Å². The summed E-state index contributed by atoms with van der Waals surface area (Å²) in [5, 5.41) is -0.273. The van der Waals surface area contributed by atoms with Crippen molar-refractivity contribution in [1.82, 2.24) is 0 Å². The minimum absolute atomic E-state index is 0.0996. The number of carbonyl (C=O) groups is 1. The molecule has 1 aromatic carbocycles. The zero-order valence-corrected chi connectivity index (χ0v) is 12.6. The fourth-order valence-corrected chi connectivity index (χ4v) is 5.26. The maximum atomic E-state index is 13.0. The fraction of sp³-hybridized carbons (Fsp3) is 0.500. The van der Waals surface area contributed by atoms with Gasteiger partial charge >= 0.3 is 6.18 Å². The molecule has 20 heavy (non-hydrogen) atoms. The van der Waals surface area contributed by atoms with Gasteiger partial charge in [-0.25, -0.2) is 0 Å². The normalized spacial score (nSPS) is 23.6. The Morgan fingerprint density at radius 1 is 1.25 bits per heavy atom. The van der Waals surface area contributed by atoms with Gasteiger partial charge < -0.3 is 0 Å². The van der Waals surface area contributed by atoms with Crippen LogP contribution in [0.1, 0.15) is 29.3 Å². The minimum atomic E-state index is -4.49. The quantitative estimate of drug-likeness (QED) is 0.763. The first-order valence-electron chi connectivity index (χ1n) is 6.38. The van der Waals surface area contributed by atoms with Crippen molar-refractivity contribution in [2.75, 3.05) is 11.5 Å². The number of carbonyl (C=O) groups excluding carboxylic acids is 1. The molecule has 1 heterocycles. The average molecular weight is 320 g/mol. The van der Waals surface area contributed by atoms with E-state index in [2.05, 4.69) is 0 Å². The molecular weight excluding hydrogens is 305 g/mol. The van der Waals surface area contributed by atoms with Crippen LogP contribution < -0.4 is 0 Å². The van der Waals surface area contributed by atoms with Crippen molar-refractivity contribution in [3.05, 3.63) is 35.4 Å². The summed E-state index contributed by atoms with van der Waals surface area (Å²) in [5.41, 5.74) is -1.02. The number of rotatable bonds is 3. The molecular formula is C14H15F3OS2. The number of ketones is 1. The highest BCUT2D eigenvalue weighted by molar-refractivity contribution is 8.07. The van der Waals surface area contributed by atoms with Crippen LogP contribution in [-0.4, -0.2) is 27.8 Å². The highest BCUT2D eigenvalue weighted by Crippen LogP contribution is 2.38. The van der Waals surface area contributed by atoms with Crippen molar-refractivity contribution in [2.45, 2.75) is 30.0 Å². The summed E-state index contributed by atoms with van der Waals surface area (Å²) in [6.07, 6.45) is -3.69. The first-order valence-corrected chi connectivity index (χ1v) is 8.48. The lowest BCUT2D eigenvalue weighted by Gasteiger charge is -2.29. The molecule has 1 aliphatic heterocycles. The molecule has 0 amide bonds. The van der Waals surface area contributed by atoms with E-state index in [4.69, 9.17) is 0 Å². The van der Waals surface area contributed by atoms with Gasteiger partial charge in [0.1, 0.15) is 0 Å². The van der Waals surface area contributed by atoms with E-state index in [1.807, 2.05) is 6.92 Å². The maximum Gasteiger partial charge on any atom is 0.417 e. The Kier molecular flexibility index (Phi) is 5.07. The third kappa shape index (κ3) is 3.34. The van der Waals surface area contributed by atoms with Crippen LogP contribution in [-0.2, 0) is 6.18 Å². The van der Waals surface area contributed by atoms with Crippen LogP contribution in [0.15, 0.2) is 24.3 Å². The standard InChI is InChI=1S/C14H15F3OS2/c1-2-11-13(20-8-7-19-11)12(18)9-5-3-4-6-10(9)14(15,16)17/h3-6,11,13H,2,7-8H2,1H3. The van der Waals surface area contributed by atoms with E-state index in [1.165, 1.54) is 30.0 Å². The lowest BCUT2D eigenvalue weighted by molar-refractivity contribution is -0.137. The van der Waals surface area contributed by atoms with Gasteiger partial charge in [0.15, 0.2) is 5.78 Å². The summed E-state index contributed by atoms with van der Waals surface area (Å²) < 4.78 is 39.0. The molecule has 0 N–H and O–H groups in total. The zero-order chi connectivity index (χ0) is 14.8. The third-order valence-electron chi connectivity index (χ3n) is 3.21. The van der Waals surface area contributed by atoms with Gasteiger partial charge in [-0.3, -0.25) is 4.79 Å². The Balaban J connectivity index is 2.33. The molecule has 2 unspecified atom stereocenters. The number of hydrogen-bond donors (Lipinski definition) is 0. The molecule has 2 rings (SSSR count). The lowest BCUT2D eigenvalue weighted by atomic mass is 9.99. The second-order valence-corrected chi connectivity index (χ2v) is 7.11. The highest BCUT2D eigenvalue weighted by Gasteiger charge is 2.38. The SMILES string of the molecule is CCC1SCCSC1C(=O)c1ccccc1C(F)(F)F. The lowest BCUT2D eigenvalue weighted by Crippen LogP contribution is -2.33. The number of Topliss-reactive ketones (excluding diaryl/α,β-unsaturated/α-hetero) is 1. The molecule has 1 saturated heterocycles. The summed E-state index contributed by atoms with van der Waals surface area (Å²) in [5.74, 6) is 1.38. The van der Waals surface area contributed by atoms with Gasteiger partial charge in [-0.2, -0.15) is 24.9 Å². The van der Waals surface area contributed by atoms with E-state index in [-0.39, 0.29) is 21.8 Å². The molecule has 1 aliphatic rings. The van der Waals surface area contributed by atoms with Crippen LogP contribution in [0.2, 0.25) is 0 Å². The molecule has 0 aromatic heterocycles. The van der Waals surface area contributed by atoms with Gasteiger partial charge in [-0.05, 0) is 12.5 Å². The Hall–Kier alpha value is -0.620. The van der Waals surface area contributed by atoms with Crippen molar-refractivity contribution in [3.63, 3.8) is 0 Å². The molecule has 1 aromatic rings. The van der Waals surface area contributed by atoms with Crippen LogP contribution in [0.4, 0.5) is 13.2 Å². The highest BCUT2D eigenvalue weighted by atomic mass is 32.2. The van der Waals surface area contributed by atoms with Gasteiger partial charge in [0.2, 0.25) is 0 Å². The van der Waals surface area contributed by atoms with Crippen molar-refractivity contribution in [3.8, 4) is 0 Å². The van der Waals surface area contributed by atoms with Gasteiger partial charge in [-0.1, -0.05) is 25.1 Å². The van der Waals surface area contributed by atoms with E-state index >= 15 is 0 Å². The number of alkyl halides is 3. The van der Waals surface area contributed by atoms with E-state index in [1.54, 1.807) is 11.8 Å². The molecule has 1 nitrogen and oxygen atoms in total. The van der Waals surface area contributed by atoms with Crippen molar-refractivity contribution in [2.24, 2.45) is 0 Å². The van der Waals surface area contributed by atoms with Crippen molar-refractivity contribution >= 4 is 29.3 Å². The summed E-state index contributed by atoms with van der Waals surface area (Å²) in [7, 11) is 0. The molecule has 0 saturated carbocycles. The van der Waals surface area contributed by atoms with Crippen LogP contribution in [0.3, 0.4) is 0 Å². The summed E-state index contributed by atoms with van der Waals surface area (Å²) in [4.78, 5) is 12.5. The molecule has 2 atom stereocenters. The topological polar surface area (TPSA) is 17.1 Å². The summed E-state index contributed by atoms with van der Waals surface area (Å²) >= 11 is 3.17. The molecule has 0 aliphatic carbocycles. The van der Waals surface area contributed by atoms with E-state index in [9.17, 15) is 18.0 Å². The third-order valence-corrected chi connectivity index (χ3v) is 6.45. The smallest absolute Gasteiger partial charge is 0.293 e. The van der Waals surface area contributed by atoms with Gasteiger partial charge in [0.05, 0.1) is 10.8 Å². The van der Waals surface area contributed by atoms with Crippen LogP contribution in [0.5, 0.6) is 0 Å². The summed E-state index contributed by atoms with van der Waals surface area (Å²) in [6.45, 7) is 1.97. The van der Waals surface area contributed by atoms with Crippen LogP contribution in [0, 0.1) is 0 Å². The van der Waals surface area contributed by atoms with Crippen molar-refractivity contribution < 1.29 is 18.0 Å². The van der Waals surface area contributed by atoms with Gasteiger partial charge in [-0.15, -0.1) is 11.8 Å². The molecule has 110 valence electrons. The average Bonchev–Trinajstić information content (AvgIpc) is 2.45. The Morgan fingerprint density at radius 3 is 2.55 bits per heavy atom. The van der Waals surface area contributed by atoms with E-state index in [0.717, 1.165) is 24.0 Å². The maximum absolute atomic E-state index is 13.0. The fourth-order valence-electron chi connectivity index (χ4n) is 2.24. The second kappa shape index (κ2) is 6.43. The number of benzene rings is 1. The van der Waals surface area contributed by atoms with E-state index < -0.39 is 11.7 Å². The van der Waals surface area contributed by atoms with Gasteiger partial charge in [0, 0.05) is 22.3 Å². The first-order chi connectivity index (χ1) is 9.45. The van der Waals surface area contributed by atoms with Crippen LogP contribution in [0.25, 0.3) is 0 Å². The van der Waals surface area contributed by atoms with Crippen LogP contribution >= 0.6 is 23.5 Å². The summed E-state index contributed by atoms with van der Waals surface area (Å²) in [6, 6.07) is 5.08. The number of halogens is 3. The monoisotopic (exact) mass is 320 g/mol. The second-order valence-electron chi connectivity index (χ2n) is 4.52. The molecule has 0 bridgehead atoms. The zero-order valence-electron chi connectivity index (χ0n) is 10.9.